The SMILES string of the molecule is CSCc1ccc(C(=O)NCC(=O)OCc2ccccc2)cc1. The van der Waals surface area contributed by atoms with Gasteiger partial charge in [-0.2, -0.15) is 11.8 Å². The van der Waals surface area contributed by atoms with E-state index in [9.17, 15) is 9.59 Å². The van der Waals surface area contributed by atoms with Crippen molar-refractivity contribution in [3.8, 4) is 0 Å². The summed E-state index contributed by atoms with van der Waals surface area (Å²) >= 11 is 1.73. The predicted octanol–water partition coefficient (Wildman–Crippen LogP) is 3.02. The fourth-order valence-electron chi connectivity index (χ4n) is 1.96. The molecule has 0 aromatic heterocycles. The molecule has 0 saturated heterocycles. The van der Waals surface area contributed by atoms with Crippen molar-refractivity contribution in [2.45, 2.75) is 12.4 Å². The molecule has 1 N–H and O–H groups in total. The van der Waals surface area contributed by atoms with E-state index in [0.29, 0.717) is 5.56 Å². The molecule has 2 aromatic rings. The lowest BCUT2D eigenvalue weighted by molar-refractivity contribution is -0.143. The zero-order chi connectivity index (χ0) is 16.5. The van der Waals surface area contributed by atoms with Gasteiger partial charge in [0.1, 0.15) is 13.2 Å². The molecule has 5 heteroatoms. The van der Waals surface area contributed by atoms with Crippen LogP contribution in [0.3, 0.4) is 0 Å². The van der Waals surface area contributed by atoms with Crippen LogP contribution in [0.15, 0.2) is 54.6 Å². The first-order valence-electron chi connectivity index (χ1n) is 7.24. The summed E-state index contributed by atoms with van der Waals surface area (Å²) in [6.07, 6.45) is 2.03. The fraction of sp³-hybridized carbons (Fsp3) is 0.222. The molecular formula is C18H19NO3S. The third-order valence-electron chi connectivity index (χ3n) is 3.16. The minimum absolute atomic E-state index is 0.141. The lowest BCUT2D eigenvalue weighted by atomic mass is 10.1. The molecule has 0 spiro atoms. The molecule has 0 aliphatic carbocycles. The highest BCUT2D eigenvalue weighted by Crippen LogP contribution is 2.10. The van der Waals surface area contributed by atoms with Gasteiger partial charge in [0.15, 0.2) is 0 Å². The Hall–Kier alpha value is -2.27. The van der Waals surface area contributed by atoms with Gasteiger partial charge >= 0.3 is 5.97 Å². The van der Waals surface area contributed by atoms with Crippen LogP contribution in [0.4, 0.5) is 0 Å². The number of benzene rings is 2. The van der Waals surface area contributed by atoms with E-state index in [1.54, 1.807) is 23.9 Å². The van der Waals surface area contributed by atoms with Crippen LogP contribution in [0.1, 0.15) is 21.5 Å². The minimum Gasteiger partial charge on any atom is -0.460 e. The lowest BCUT2D eigenvalue weighted by Crippen LogP contribution is -2.30. The highest BCUT2D eigenvalue weighted by molar-refractivity contribution is 7.97. The molecule has 0 saturated carbocycles. The van der Waals surface area contributed by atoms with Crippen molar-refractivity contribution in [3.63, 3.8) is 0 Å². The van der Waals surface area contributed by atoms with Crippen molar-refractivity contribution >= 4 is 23.6 Å². The Morgan fingerprint density at radius 1 is 1.00 bits per heavy atom. The third-order valence-corrected chi connectivity index (χ3v) is 3.79. The van der Waals surface area contributed by atoms with Crippen LogP contribution >= 0.6 is 11.8 Å². The first kappa shape index (κ1) is 17.1. The van der Waals surface area contributed by atoms with Crippen LogP contribution in [0.2, 0.25) is 0 Å². The normalized spacial score (nSPS) is 10.1. The summed E-state index contributed by atoms with van der Waals surface area (Å²) < 4.78 is 5.11. The van der Waals surface area contributed by atoms with Gasteiger partial charge in [0.2, 0.25) is 0 Å². The standard InChI is InChI=1S/C18H19NO3S/c1-23-13-15-7-9-16(10-8-15)18(21)19-11-17(20)22-12-14-5-3-2-4-6-14/h2-10H,11-13H2,1H3,(H,19,21). The molecule has 0 aliphatic heterocycles. The van der Waals surface area contributed by atoms with Crippen molar-refractivity contribution in [2.24, 2.45) is 0 Å². The Bertz CT molecular complexity index is 641. The molecule has 0 unspecified atom stereocenters. The second-order valence-corrected chi connectivity index (χ2v) is 5.82. The number of carbonyl (C=O) groups is 2. The zero-order valence-corrected chi connectivity index (χ0v) is 13.8. The van der Waals surface area contributed by atoms with Gasteiger partial charge in [0.25, 0.3) is 5.91 Å². The smallest absolute Gasteiger partial charge is 0.325 e. The van der Waals surface area contributed by atoms with E-state index in [2.05, 4.69) is 5.32 Å². The second kappa shape index (κ2) is 9.00. The highest BCUT2D eigenvalue weighted by Gasteiger charge is 2.09. The van der Waals surface area contributed by atoms with E-state index in [4.69, 9.17) is 4.74 Å². The Morgan fingerprint density at radius 3 is 2.35 bits per heavy atom. The van der Waals surface area contributed by atoms with E-state index in [1.807, 2.05) is 48.7 Å². The Kier molecular flexibility index (Phi) is 6.69. The maximum Gasteiger partial charge on any atom is 0.325 e. The largest absolute Gasteiger partial charge is 0.460 e. The maximum absolute atomic E-state index is 12.0. The first-order chi connectivity index (χ1) is 11.2. The van der Waals surface area contributed by atoms with Crippen LogP contribution in [-0.2, 0) is 21.9 Å². The van der Waals surface area contributed by atoms with Crippen molar-refractivity contribution < 1.29 is 14.3 Å². The fourth-order valence-corrected chi connectivity index (χ4v) is 2.49. The Labute approximate surface area is 140 Å². The molecule has 0 bridgehead atoms. The highest BCUT2D eigenvalue weighted by atomic mass is 32.2. The number of ether oxygens (including phenoxy) is 1. The average molecular weight is 329 g/mol. The van der Waals surface area contributed by atoms with E-state index in [-0.39, 0.29) is 19.1 Å². The second-order valence-electron chi connectivity index (χ2n) is 4.96. The number of hydrogen-bond donors (Lipinski definition) is 1. The number of esters is 1. The molecule has 0 atom stereocenters. The van der Waals surface area contributed by atoms with Crippen molar-refractivity contribution in [3.05, 3.63) is 71.3 Å². The maximum atomic E-state index is 12.0. The van der Waals surface area contributed by atoms with Crippen LogP contribution in [0, 0.1) is 0 Å². The van der Waals surface area contributed by atoms with Gasteiger partial charge in [-0.3, -0.25) is 9.59 Å². The molecule has 0 radical (unpaired) electrons. The molecule has 0 heterocycles. The van der Waals surface area contributed by atoms with Crippen LogP contribution < -0.4 is 5.32 Å². The number of amides is 1. The minimum atomic E-state index is -0.457. The number of hydrogen-bond acceptors (Lipinski definition) is 4. The summed E-state index contributed by atoms with van der Waals surface area (Å²) in [6, 6.07) is 16.8. The van der Waals surface area contributed by atoms with Gasteiger partial charge < -0.3 is 10.1 Å². The van der Waals surface area contributed by atoms with Crippen molar-refractivity contribution in [1.82, 2.24) is 5.32 Å². The molecule has 2 rings (SSSR count). The van der Waals surface area contributed by atoms with Gasteiger partial charge in [-0.25, -0.2) is 0 Å². The zero-order valence-electron chi connectivity index (χ0n) is 13.0. The van der Waals surface area contributed by atoms with Gasteiger partial charge in [0, 0.05) is 11.3 Å². The summed E-state index contributed by atoms with van der Waals surface area (Å²) in [5.41, 5.74) is 2.61. The number of nitrogens with one attached hydrogen (secondary N) is 1. The van der Waals surface area contributed by atoms with Crippen LogP contribution in [0.5, 0.6) is 0 Å². The summed E-state index contributed by atoms with van der Waals surface area (Å²) in [6.45, 7) is 0.0666. The summed E-state index contributed by atoms with van der Waals surface area (Å²) in [4.78, 5) is 23.6. The lowest BCUT2D eigenvalue weighted by Gasteiger charge is -2.07. The van der Waals surface area contributed by atoms with E-state index < -0.39 is 5.97 Å². The van der Waals surface area contributed by atoms with E-state index in [0.717, 1.165) is 16.9 Å². The molecule has 0 aliphatic rings. The topological polar surface area (TPSA) is 55.4 Å². The summed E-state index contributed by atoms with van der Waals surface area (Å²) in [7, 11) is 0. The summed E-state index contributed by atoms with van der Waals surface area (Å²) in [5, 5.41) is 2.57. The van der Waals surface area contributed by atoms with Gasteiger partial charge in [-0.1, -0.05) is 42.5 Å². The Balaban J connectivity index is 1.76. The monoisotopic (exact) mass is 329 g/mol. The molecule has 1 amide bonds. The summed E-state index contributed by atoms with van der Waals surface area (Å²) in [5.74, 6) is 0.173. The molecule has 4 nitrogen and oxygen atoms in total. The van der Waals surface area contributed by atoms with Crippen molar-refractivity contribution in [2.75, 3.05) is 12.8 Å². The number of thioether (sulfide) groups is 1. The van der Waals surface area contributed by atoms with Crippen LogP contribution in [0.25, 0.3) is 0 Å². The predicted molar refractivity (Wildman–Crippen MR) is 92.2 cm³/mol. The van der Waals surface area contributed by atoms with Gasteiger partial charge in [0.05, 0.1) is 0 Å². The molecule has 0 fully saturated rings. The number of carbonyl (C=O) groups excluding carboxylic acids is 2. The molecule has 120 valence electrons. The average Bonchev–Trinajstić information content (AvgIpc) is 2.59. The Morgan fingerprint density at radius 2 is 1.70 bits per heavy atom. The number of rotatable bonds is 7. The van der Waals surface area contributed by atoms with E-state index >= 15 is 0 Å². The molecular weight excluding hydrogens is 310 g/mol. The van der Waals surface area contributed by atoms with Crippen LogP contribution in [-0.4, -0.2) is 24.7 Å². The van der Waals surface area contributed by atoms with Gasteiger partial charge in [-0.05, 0) is 29.5 Å². The van der Waals surface area contributed by atoms with Crippen molar-refractivity contribution in [1.29, 1.82) is 0 Å². The van der Waals surface area contributed by atoms with E-state index in [1.165, 1.54) is 0 Å². The molecule has 2 aromatic carbocycles. The quantitative estimate of drug-likeness (QED) is 0.793. The molecule has 23 heavy (non-hydrogen) atoms. The first-order valence-corrected chi connectivity index (χ1v) is 8.64. The third kappa shape index (κ3) is 5.79. The van der Waals surface area contributed by atoms with Gasteiger partial charge in [-0.15, -0.1) is 0 Å².